The molecule has 5 nitrogen and oxygen atoms in total. The molecule has 18 heavy (non-hydrogen) atoms. The van der Waals surface area contributed by atoms with Crippen molar-refractivity contribution in [2.24, 2.45) is 5.16 Å². The molecule has 1 aromatic carbocycles. The van der Waals surface area contributed by atoms with Gasteiger partial charge in [0.05, 0.1) is 17.0 Å². The van der Waals surface area contributed by atoms with Crippen molar-refractivity contribution in [1.82, 2.24) is 14.8 Å². The summed E-state index contributed by atoms with van der Waals surface area (Å²) in [6, 6.07) is 4.83. The van der Waals surface area contributed by atoms with E-state index in [1.807, 2.05) is 6.92 Å². The molecular weight excluding hydrogens is 235 g/mol. The lowest BCUT2D eigenvalue weighted by atomic mass is 10.0. The van der Waals surface area contributed by atoms with E-state index in [4.69, 9.17) is 4.84 Å². The summed E-state index contributed by atoms with van der Waals surface area (Å²) in [5.41, 5.74) is 1.94. The summed E-state index contributed by atoms with van der Waals surface area (Å²) in [6.07, 6.45) is 3.13. The Morgan fingerprint density at radius 2 is 2.33 bits per heavy atom. The van der Waals surface area contributed by atoms with E-state index in [0.717, 1.165) is 5.71 Å². The van der Waals surface area contributed by atoms with Gasteiger partial charge in [-0.1, -0.05) is 11.2 Å². The largest absolute Gasteiger partial charge is 0.387 e. The Labute approximate surface area is 103 Å². The van der Waals surface area contributed by atoms with Crippen LogP contribution >= 0.6 is 0 Å². The third-order valence-corrected chi connectivity index (χ3v) is 2.83. The smallest absolute Gasteiger partial charge is 0.162 e. The molecule has 92 valence electrons. The molecule has 0 unspecified atom stereocenters. The highest BCUT2D eigenvalue weighted by atomic mass is 19.1. The normalized spacial score (nSPS) is 18.6. The van der Waals surface area contributed by atoms with Crippen molar-refractivity contribution in [2.45, 2.75) is 19.4 Å². The highest BCUT2D eigenvalue weighted by Crippen LogP contribution is 2.33. The van der Waals surface area contributed by atoms with Gasteiger partial charge in [-0.2, -0.15) is 5.10 Å². The third-order valence-electron chi connectivity index (χ3n) is 2.83. The first-order valence-corrected chi connectivity index (χ1v) is 5.58. The molecule has 0 N–H and O–H groups in total. The Balaban J connectivity index is 2.08. The molecule has 0 aliphatic carbocycles. The van der Waals surface area contributed by atoms with Crippen molar-refractivity contribution < 1.29 is 9.23 Å². The molecule has 0 bridgehead atoms. The van der Waals surface area contributed by atoms with Crippen LogP contribution in [0.3, 0.4) is 0 Å². The number of rotatable bonds is 2. The monoisotopic (exact) mass is 246 g/mol. The molecule has 1 atom stereocenters. The van der Waals surface area contributed by atoms with Crippen LogP contribution in [0.5, 0.6) is 0 Å². The van der Waals surface area contributed by atoms with Gasteiger partial charge < -0.3 is 4.84 Å². The van der Waals surface area contributed by atoms with Crippen LogP contribution in [-0.4, -0.2) is 20.5 Å². The fourth-order valence-corrected chi connectivity index (χ4v) is 2.03. The lowest BCUT2D eigenvalue weighted by molar-refractivity contribution is 0.0828. The zero-order chi connectivity index (χ0) is 12.5. The predicted octanol–water partition coefficient (Wildman–Crippen LogP) is 2.24. The van der Waals surface area contributed by atoms with Crippen LogP contribution in [-0.2, 0) is 4.84 Å². The van der Waals surface area contributed by atoms with E-state index in [2.05, 4.69) is 15.2 Å². The maximum Gasteiger partial charge on any atom is 0.162 e. The summed E-state index contributed by atoms with van der Waals surface area (Å²) >= 11 is 0. The zero-order valence-corrected chi connectivity index (χ0v) is 9.75. The Morgan fingerprint density at radius 1 is 1.44 bits per heavy atom. The Hall–Kier alpha value is -2.24. The quantitative estimate of drug-likeness (QED) is 0.816. The number of halogens is 1. The second-order valence-corrected chi connectivity index (χ2v) is 4.14. The van der Waals surface area contributed by atoms with Gasteiger partial charge in [0.15, 0.2) is 6.10 Å². The van der Waals surface area contributed by atoms with Crippen molar-refractivity contribution in [3.05, 3.63) is 42.2 Å². The summed E-state index contributed by atoms with van der Waals surface area (Å²) in [4.78, 5) is 9.13. The number of nitrogens with zero attached hydrogens (tertiary/aromatic N) is 4. The fraction of sp³-hybridized carbons (Fsp3) is 0.250. The molecular formula is C12H11FN4O. The minimum Gasteiger partial charge on any atom is -0.387 e. The van der Waals surface area contributed by atoms with E-state index in [0.29, 0.717) is 17.7 Å². The fourth-order valence-electron chi connectivity index (χ4n) is 2.03. The van der Waals surface area contributed by atoms with Gasteiger partial charge in [-0.05, 0) is 19.1 Å². The van der Waals surface area contributed by atoms with Crippen molar-refractivity contribution in [2.75, 3.05) is 0 Å². The lowest BCUT2D eigenvalue weighted by Gasteiger charge is -2.14. The van der Waals surface area contributed by atoms with Gasteiger partial charge in [-0.25, -0.2) is 14.1 Å². The van der Waals surface area contributed by atoms with Crippen molar-refractivity contribution >= 4 is 5.71 Å². The molecule has 1 aliphatic rings. The highest BCUT2D eigenvalue weighted by molar-refractivity contribution is 5.83. The topological polar surface area (TPSA) is 52.3 Å². The number of hydrogen-bond donors (Lipinski definition) is 0. The van der Waals surface area contributed by atoms with E-state index in [-0.39, 0.29) is 5.82 Å². The van der Waals surface area contributed by atoms with Crippen LogP contribution in [0.15, 0.2) is 36.0 Å². The first-order valence-electron chi connectivity index (χ1n) is 5.58. The van der Waals surface area contributed by atoms with Gasteiger partial charge in [-0.3, -0.25) is 0 Å². The molecule has 2 aromatic rings. The molecule has 6 heteroatoms. The van der Waals surface area contributed by atoms with Crippen molar-refractivity contribution in [3.63, 3.8) is 0 Å². The average molecular weight is 246 g/mol. The van der Waals surface area contributed by atoms with Crippen molar-refractivity contribution in [1.29, 1.82) is 0 Å². The van der Waals surface area contributed by atoms with E-state index in [9.17, 15) is 4.39 Å². The SMILES string of the molecule is CC1=NO[C@@H](c2c(F)cccc2-n2cncn2)C1. The molecule has 0 fully saturated rings. The maximum absolute atomic E-state index is 14.0. The summed E-state index contributed by atoms with van der Waals surface area (Å²) in [5.74, 6) is -0.321. The molecule has 1 aromatic heterocycles. The minimum absolute atomic E-state index is 0.321. The molecule has 3 rings (SSSR count). The minimum atomic E-state index is -0.398. The van der Waals surface area contributed by atoms with Gasteiger partial charge in [0.1, 0.15) is 18.5 Å². The van der Waals surface area contributed by atoms with Gasteiger partial charge >= 0.3 is 0 Å². The first-order chi connectivity index (χ1) is 8.75. The van der Waals surface area contributed by atoms with E-state index >= 15 is 0 Å². The average Bonchev–Trinajstić information content (AvgIpc) is 2.99. The van der Waals surface area contributed by atoms with Gasteiger partial charge in [0.2, 0.25) is 0 Å². The molecule has 1 aliphatic heterocycles. The molecule has 2 heterocycles. The molecule has 0 radical (unpaired) electrons. The number of hydrogen-bond acceptors (Lipinski definition) is 4. The van der Waals surface area contributed by atoms with Crippen molar-refractivity contribution in [3.8, 4) is 5.69 Å². The van der Waals surface area contributed by atoms with Crippen LogP contribution in [0.1, 0.15) is 25.0 Å². The molecule has 0 saturated heterocycles. The van der Waals surface area contributed by atoms with Gasteiger partial charge in [0, 0.05) is 6.42 Å². The predicted molar refractivity (Wildman–Crippen MR) is 62.9 cm³/mol. The Kier molecular flexibility index (Phi) is 2.55. The van der Waals surface area contributed by atoms with Crippen LogP contribution in [0.2, 0.25) is 0 Å². The van der Waals surface area contributed by atoms with E-state index in [1.165, 1.54) is 23.4 Å². The molecule has 0 spiro atoms. The van der Waals surface area contributed by atoms with Gasteiger partial charge in [-0.15, -0.1) is 0 Å². The van der Waals surface area contributed by atoms with Crippen LogP contribution in [0, 0.1) is 5.82 Å². The summed E-state index contributed by atoms with van der Waals surface area (Å²) < 4.78 is 15.6. The van der Waals surface area contributed by atoms with Crippen LogP contribution in [0.4, 0.5) is 4.39 Å². The number of benzene rings is 1. The number of oxime groups is 1. The standard InChI is InChI=1S/C12H11FN4O/c1-8-5-11(18-16-8)12-9(13)3-2-4-10(12)17-7-14-6-15-17/h2-4,6-7,11H,5H2,1H3/t11-/m1/s1. The second kappa shape index (κ2) is 4.21. The van der Waals surface area contributed by atoms with E-state index < -0.39 is 6.10 Å². The molecule has 0 amide bonds. The Bertz CT molecular complexity index is 594. The zero-order valence-electron chi connectivity index (χ0n) is 9.75. The summed E-state index contributed by atoms with van der Waals surface area (Å²) in [6.45, 7) is 1.86. The summed E-state index contributed by atoms with van der Waals surface area (Å²) in [7, 11) is 0. The Morgan fingerprint density at radius 3 is 3.00 bits per heavy atom. The third kappa shape index (κ3) is 1.75. The second-order valence-electron chi connectivity index (χ2n) is 4.14. The summed E-state index contributed by atoms with van der Waals surface area (Å²) in [5, 5.41) is 7.89. The lowest BCUT2D eigenvalue weighted by Crippen LogP contribution is -2.08. The molecule has 0 saturated carbocycles. The van der Waals surface area contributed by atoms with Crippen LogP contribution < -0.4 is 0 Å². The van der Waals surface area contributed by atoms with Crippen LogP contribution in [0.25, 0.3) is 5.69 Å². The van der Waals surface area contributed by atoms with E-state index in [1.54, 1.807) is 12.1 Å². The maximum atomic E-state index is 14.0. The number of aromatic nitrogens is 3. The first kappa shape index (κ1) is 10.9. The van der Waals surface area contributed by atoms with Gasteiger partial charge in [0.25, 0.3) is 0 Å². The highest BCUT2D eigenvalue weighted by Gasteiger charge is 2.27.